The van der Waals surface area contributed by atoms with Crippen molar-refractivity contribution in [1.29, 1.82) is 0 Å². The number of benzene rings is 2. The summed E-state index contributed by atoms with van der Waals surface area (Å²) >= 11 is 0. The van der Waals surface area contributed by atoms with Gasteiger partial charge in [-0.1, -0.05) is 12.1 Å². The van der Waals surface area contributed by atoms with Crippen molar-refractivity contribution < 1.29 is 19.6 Å². The first kappa shape index (κ1) is 14.5. The molecule has 0 aliphatic rings. The Hall–Kier alpha value is -2.93. The van der Waals surface area contributed by atoms with Crippen molar-refractivity contribution in [2.24, 2.45) is 5.73 Å². The molecule has 1 amide bonds. The summed E-state index contributed by atoms with van der Waals surface area (Å²) in [7, 11) is 0. The lowest BCUT2D eigenvalue weighted by Crippen LogP contribution is -2.11. The minimum atomic E-state index is -0.753. The van der Waals surface area contributed by atoms with Crippen LogP contribution in [0.1, 0.15) is 15.9 Å². The number of nitrogens with zero attached hydrogens (tertiary/aromatic N) is 1. The van der Waals surface area contributed by atoms with Gasteiger partial charge in [0.25, 0.3) is 0 Å². The quantitative estimate of drug-likeness (QED) is 0.644. The molecule has 2 aromatic carbocycles. The Labute approximate surface area is 119 Å². The van der Waals surface area contributed by atoms with Gasteiger partial charge in [0.15, 0.2) is 0 Å². The highest BCUT2D eigenvalue weighted by molar-refractivity contribution is 5.93. The van der Waals surface area contributed by atoms with Gasteiger partial charge in [0, 0.05) is 11.6 Å². The highest BCUT2D eigenvalue weighted by atomic mass is 16.6. The van der Waals surface area contributed by atoms with Gasteiger partial charge in [-0.05, 0) is 29.8 Å². The highest BCUT2D eigenvalue weighted by Gasteiger charge is 2.18. The molecule has 3 N–H and O–H groups in total. The molecule has 0 unspecified atom stereocenters. The second kappa shape index (κ2) is 6.02. The van der Waals surface area contributed by atoms with E-state index < -0.39 is 10.8 Å². The fraction of sp³-hybridized carbons (Fsp3) is 0.0714. The number of aliphatic hydroxyl groups is 1. The monoisotopic (exact) mass is 288 g/mol. The summed E-state index contributed by atoms with van der Waals surface area (Å²) in [4.78, 5) is 21.4. The van der Waals surface area contributed by atoms with Crippen LogP contribution in [0.4, 0.5) is 5.69 Å². The number of carbonyl (C=O) groups is 1. The second-order valence-electron chi connectivity index (χ2n) is 4.21. The molecule has 0 spiro atoms. The van der Waals surface area contributed by atoms with E-state index in [4.69, 9.17) is 15.6 Å². The van der Waals surface area contributed by atoms with E-state index in [1.54, 1.807) is 24.3 Å². The molecule has 0 aliphatic carbocycles. The number of nitro groups is 1. The van der Waals surface area contributed by atoms with Crippen LogP contribution in [0, 0.1) is 10.1 Å². The van der Waals surface area contributed by atoms with Crippen LogP contribution in [0.3, 0.4) is 0 Å². The lowest BCUT2D eigenvalue weighted by Gasteiger charge is -2.07. The molecule has 2 rings (SSSR count). The van der Waals surface area contributed by atoms with Crippen molar-refractivity contribution in [2.45, 2.75) is 6.61 Å². The summed E-state index contributed by atoms with van der Waals surface area (Å²) in [5.41, 5.74) is 5.47. The van der Waals surface area contributed by atoms with Gasteiger partial charge in [-0.25, -0.2) is 0 Å². The molecule has 0 aliphatic heterocycles. The molecule has 0 fully saturated rings. The molecule has 0 saturated carbocycles. The maximum absolute atomic E-state index is 11.1. The SMILES string of the molecule is NC(=O)c1ccc(Oc2ccc(CO)cc2)c([N+](=O)[O-])c1. The van der Waals surface area contributed by atoms with E-state index in [1.165, 1.54) is 12.1 Å². The maximum Gasteiger partial charge on any atom is 0.312 e. The smallest absolute Gasteiger partial charge is 0.312 e. The molecule has 108 valence electrons. The van der Waals surface area contributed by atoms with Crippen LogP contribution < -0.4 is 10.5 Å². The van der Waals surface area contributed by atoms with Gasteiger partial charge in [-0.15, -0.1) is 0 Å². The number of nitro benzene ring substituents is 1. The Kier molecular flexibility index (Phi) is 4.15. The summed E-state index contributed by atoms with van der Waals surface area (Å²) in [6, 6.07) is 10.2. The normalized spacial score (nSPS) is 10.1. The molecule has 0 atom stereocenters. The molecule has 0 bridgehead atoms. The molecule has 0 saturated heterocycles. The lowest BCUT2D eigenvalue weighted by molar-refractivity contribution is -0.385. The van der Waals surface area contributed by atoms with E-state index in [0.717, 1.165) is 6.07 Å². The van der Waals surface area contributed by atoms with Gasteiger partial charge in [-0.2, -0.15) is 0 Å². The third kappa shape index (κ3) is 3.34. The number of rotatable bonds is 5. The van der Waals surface area contributed by atoms with Crippen molar-refractivity contribution in [3.8, 4) is 11.5 Å². The van der Waals surface area contributed by atoms with E-state index in [-0.39, 0.29) is 23.6 Å². The Bertz CT molecular complexity index is 682. The fourth-order valence-electron chi connectivity index (χ4n) is 1.69. The van der Waals surface area contributed by atoms with E-state index in [9.17, 15) is 14.9 Å². The van der Waals surface area contributed by atoms with Crippen molar-refractivity contribution in [3.63, 3.8) is 0 Å². The number of hydrogen-bond acceptors (Lipinski definition) is 5. The van der Waals surface area contributed by atoms with E-state index in [0.29, 0.717) is 11.3 Å². The van der Waals surface area contributed by atoms with Crippen molar-refractivity contribution in [2.75, 3.05) is 0 Å². The summed E-state index contributed by atoms with van der Waals surface area (Å²) in [5, 5.41) is 20.0. The van der Waals surface area contributed by atoms with Crippen molar-refractivity contribution in [3.05, 3.63) is 63.7 Å². The van der Waals surface area contributed by atoms with Gasteiger partial charge in [0.1, 0.15) is 5.75 Å². The molecule has 7 heteroatoms. The number of hydrogen-bond donors (Lipinski definition) is 2. The van der Waals surface area contributed by atoms with Crippen LogP contribution in [0.5, 0.6) is 11.5 Å². The first-order valence-electron chi connectivity index (χ1n) is 5.97. The predicted molar refractivity (Wildman–Crippen MR) is 74.1 cm³/mol. The van der Waals surface area contributed by atoms with Crippen molar-refractivity contribution in [1.82, 2.24) is 0 Å². The molecule has 21 heavy (non-hydrogen) atoms. The largest absolute Gasteiger partial charge is 0.450 e. The molecule has 0 radical (unpaired) electrons. The number of aliphatic hydroxyl groups excluding tert-OH is 1. The van der Waals surface area contributed by atoms with Crippen LogP contribution in [0.2, 0.25) is 0 Å². The Balaban J connectivity index is 2.34. The summed E-state index contributed by atoms with van der Waals surface area (Å²) in [5.74, 6) is -0.374. The second-order valence-corrected chi connectivity index (χ2v) is 4.21. The number of amides is 1. The zero-order valence-electron chi connectivity index (χ0n) is 10.9. The minimum absolute atomic E-state index is 0.00162. The number of primary amides is 1. The van der Waals surface area contributed by atoms with E-state index in [2.05, 4.69) is 0 Å². The van der Waals surface area contributed by atoms with E-state index in [1.807, 2.05) is 0 Å². The zero-order chi connectivity index (χ0) is 15.4. The summed E-state index contributed by atoms with van der Waals surface area (Å²) in [6.45, 7) is -0.103. The summed E-state index contributed by atoms with van der Waals surface area (Å²) < 4.78 is 5.43. The van der Waals surface area contributed by atoms with Gasteiger partial charge in [0.05, 0.1) is 11.5 Å². The fourth-order valence-corrected chi connectivity index (χ4v) is 1.69. The Morgan fingerprint density at radius 3 is 2.43 bits per heavy atom. The van der Waals surface area contributed by atoms with Gasteiger partial charge in [0.2, 0.25) is 11.7 Å². The third-order valence-electron chi connectivity index (χ3n) is 2.77. The average molecular weight is 288 g/mol. The molecular formula is C14H12N2O5. The molecule has 7 nitrogen and oxygen atoms in total. The zero-order valence-corrected chi connectivity index (χ0v) is 10.9. The molecule has 0 heterocycles. The molecular weight excluding hydrogens is 276 g/mol. The van der Waals surface area contributed by atoms with E-state index >= 15 is 0 Å². The first-order valence-corrected chi connectivity index (χ1v) is 5.97. The molecule has 0 aromatic heterocycles. The van der Waals surface area contributed by atoms with Crippen LogP contribution in [0.25, 0.3) is 0 Å². The van der Waals surface area contributed by atoms with Crippen LogP contribution in [0.15, 0.2) is 42.5 Å². The van der Waals surface area contributed by atoms with Gasteiger partial charge in [-0.3, -0.25) is 14.9 Å². The highest BCUT2D eigenvalue weighted by Crippen LogP contribution is 2.32. The third-order valence-corrected chi connectivity index (χ3v) is 2.77. The van der Waals surface area contributed by atoms with Gasteiger partial charge >= 0.3 is 5.69 Å². The lowest BCUT2D eigenvalue weighted by atomic mass is 10.2. The van der Waals surface area contributed by atoms with Gasteiger partial charge < -0.3 is 15.6 Å². The first-order chi connectivity index (χ1) is 10.0. The Morgan fingerprint density at radius 2 is 1.90 bits per heavy atom. The minimum Gasteiger partial charge on any atom is -0.450 e. The summed E-state index contributed by atoms with van der Waals surface area (Å²) in [6.07, 6.45) is 0. The standard InChI is InChI=1S/C14H12N2O5/c15-14(18)10-3-6-13(12(7-10)16(19)20)21-11-4-1-9(8-17)2-5-11/h1-7,17H,8H2,(H2,15,18). The van der Waals surface area contributed by atoms with Crippen LogP contribution >= 0.6 is 0 Å². The number of carbonyl (C=O) groups excluding carboxylic acids is 1. The Morgan fingerprint density at radius 1 is 1.24 bits per heavy atom. The predicted octanol–water partition coefficient (Wildman–Crippen LogP) is 1.98. The topological polar surface area (TPSA) is 116 Å². The average Bonchev–Trinajstić information content (AvgIpc) is 2.48. The maximum atomic E-state index is 11.1. The molecule has 2 aromatic rings. The number of nitrogens with two attached hydrogens (primary N) is 1. The number of ether oxygens (including phenoxy) is 1. The van der Waals surface area contributed by atoms with Crippen molar-refractivity contribution >= 4 is 11.6 Å². The van der Waals surface area contributed by atoms with Crippen LogP contribution in [-0.2, 0) is 6.61 Å². The van der Waals surface area contributed by atoms with Crippen LogP contribution in [-0.4, -0.2) is 15.9 Å².